The van der Waals surface area contributed by atoms with E-state index in [1.54, 1.807) is 36.8 Å². The summed E-state index contributed by atoms with van der Waals surface area (Å²) in [5, 5.41) is 9.00. The molecule has 11 heteroatoms. The first-order valence-electron chi connectivity index (χ1n) is 12.2. The summed E-state index contributed by atoms with van der Waals surface area (Å²) < 4.78 is 21.1. The molecule has 1 aliphatic rings. The van der Waals surface area contributed by atoms with E-state index in [4.69, 9.17) is 4.74 Å². The highest BCUT2D eigenvalue weighted by Gasteiger charge is 2.17. The number of nitrogens with one attached hydrogen (secondary N) is 3. The van der Waals surface area contributed by atoms with Crippen LogP contribution in [0.2, 0.25) is 0 Å². The molecule has 0 aliphatic carbocycles. The van der Waals surface area contributed by atoms with Crippen LogP contribution in [0.3, 0.4) is 0 Å². The van der Waals surface area contributed by atoms with E-state index in [1.165, 1.54) is 13.2 Å². The Hall–Kier alpha value is -4.51. The van der Waals surface area contributed by atoms with Crippen molar-refractivity contribution in [2.45, 2.75) is 6.92 Å². The van der Waals surface area contributed by atoms with Crippen LogP contribution < -0.4 is 20.7 Å². The Morgan fingerprint density at radius 1 is 1.21 bits per heavy atom. The van der Waals surface area contributed by atoms with Crippen molar-refractivity contribution in [1.29, 1.82) is 0 Å². The van der Waals surface area contributed by atoms with Gasteiger partial charge in [0.25, 0.3) is 5.91 Å². The zero-order valence-corrected chi connectivity index (χ0v) is 21.1. The maximum Gasteiger partial charge on any atom is 0.251 e. The van der Waals surface area contributed by atoms with Crippen molar-refractivity contribution in [3.05, 3.63) is 71.9 Å². The standard InChI is InChI=1S/C27H28FN7O3/c1-17-13-19(4-5-20(17)27(37)31-8-11-34-10-7-29-24(36)16-34)33-25-26-32-15-22(35(26)12-9-30-25)18-3-6-23(38-2)21(28)14-18/h3-6,9,12-15H,7-8,10-11,16H2,1-2H3,(H,29,36)(H,30,33)(H,31,37). The number of methoxy groups -OCH3 is 1. The molecule has 196 valence electrons. The van der Waals surface area contributed by atoms with Crippen LogP contribution >= 0.6 is 0 Å². The van der Waals surface area contributed by atoms with Crippen LogP contribution in [0.4, 0.5) is 15.9 Å². The molecule has 4 aromatic rings. The zero-order chi connectivity index (χ0) is 26.6. The number of imidazole rings is 1. The molecule has 0 spiro atoms. The molecular weight excluding hydrogens is 489 g/mol. The van der Waals surface area contributed by atoms with E-state index in [1.807, 2.05) is 28.4 Å². The number of aryl methyl sites for hydroxylation is 1. The van der Waals surface area contributed by atoms with Crippen molar-refractivity contribution in [2.24, 2.45) is 0 Å². The molecule has 10 nitrogen and oxygen atoms in total. The molecule has 3 heterocycles. The average Bonchev–Trinajstić information content (AvgIpc) is 3.34. The smallest absolute Gasteiger partial charge is 0.251 e. The molecule has 1 fully saturated rings. The minimum absolute atomic E-state index is 0.00731. The van der Waals surface area contributed by atoms with Crippen LogP contribution in [0.5, 0.6) is 5.75 Å². The molecule has 1 saturated heterocycles. The second-order valence-electron chi connectivity index (χ2n) is 9.00. The van der Waals surface area contributed by atoms with Crippen molar-refractivity contribution in [1.82, 2.24) is 29.9 Å². The maximum atomic E-state index is 14.3. The molecule has 2 amide bonds. The minimum atomic E-state index is -0.453. The second-order valence-corrected chi connectivity index (χ2v) is 9.00. The summed E-state index contributed by atoms with van der Waals surface area (Å²) >= 11 is 0. The van der Waals surface area contributed by atoms with Gasteiger partial charge in [-0.1, -0.05) is 0 Å². The number of carbonyl (C=O) groups excluding carboxylic acids is 2. The number of hydrogen-bond donors (Lipinski definition) is 3. The summed E-state index contributed by atoms with van der Waals surface area (Å²) in [5.41, 5.74) is 4.06. The fourth-order valence-electron chi connectivity index (χ4n) is 4.48. The molecule has 0 radical (unpaired) electrons. The van der Waals surface area contributed by atoms with Gasteiger partial charge in [-0.25, -0.2) is 14.4 Å². The lowest BCUT2D eigenvalue weighted by Gasteiger charge is -2.26. The van der Waals surface area contributed by atoms with Gasteiger partial charge in [-0.15, -0.1) is 0 Å². The summed E-state index contributed by atoms with van der Waals surface area (Å²) in [6.45, 7) is 4.70. The number of carbonyl (C=O) groups is 2. The van der Waals surface area contributed by atoms with Crippen molar-refractivity contribution >= 4 is 29.0 Å². The molecule has 2 aromatic carbocycles. The third-order valence-corrected chi connectivity index (χ3v) is 6.44. The number of amides is 2. The van der Waals surface area contributed by atoms with E-state index >= 15 is 0 Å². The van der Waals surface area contributed by atoms with Gasteiger partial charge >= 0.3 is 0 Å². The van der Waals surface area contributed by atoms with Crippen molar-refractivity contribution in [3.8, 4) is 17.0 Å². The lowest BCUT2D eigenvalue weighted by molar-refractivity contribution is -0.124. The van der Waals surface area contributed by atoms with Gasteiger partial charge in [0.2, 0.25) is 5.91 Å². The highest BCUT2D eigenvalue weighted by Crippen LogP contribution is 2.28. The van der Waals surface area contributed by atoms with Crippen molar-refractivity contribution in [3.63, 3.8) is 0 Å². The first-order valence-corrected chi connectivity index (χ1v) is 12.2. The van der Waals surface area contributed by atoms with Crippen molar-refractivity contribution in [2.75, 3.05) is 45.2 Å². The largest absolute Gasteiger partial charge is 0.494 e. The fourth-order valence-corrected chi connectivity index (χ4v) is 4.48. The molecule has 0 bridgehead atoms. The van der Waals surface area contributed by atoms with Gasteiger partial charge < -0.3 is 20.7 Å². The number of hydrogen-bond acceptors (Lipinski definition) is 7. The molecule has 38 heavy (non-hydrogen) atoms. The molecule has 5 rings (SSSR count). The number of aromatic nitrogens is 3. The Balaban J connectivity index is 1.28. The summed E-state index contributed by atoms with van der Waals surface area (Å²) in [6.07, 6.45) is 5.07. The van der Waals surface area contributed by atoms with Crippen LogP contribution in [-0.2, 0) is 4.79 Å². The van der Waals surface area contributed by atoms with Gasteiger partial charge in [-0.05, 0) is 48.9 Å². The van der Waals surface area contributed by atoms with Gasteiger partial charge in [0.05, 0.1) is 25.5 Å². The van der Waals surface area contributed by atoms with E-state index in [-0.39, 0.29) is 17.6 Å². The summed E-state index contributed by atoms with van der Waals surface area (Å²) in [4.78, 5) is 35.2. The zero-order valence-electron chi connectivity index (χ0n) is 21.1. The second kappa shape index (κ2) is 10.9. The average molecular weight is 518 g/mol. The molecule has 0 unspecified atom stereocenters. The highest BCUT2D eigenvalue weighted by molar-refractivity contribution is 5.96. The van der Waals surface area contributed by atoms with Gasteiger partial charge in [0.15, 0.2) is 23.0 Å². The number of anilines is 2. The lowest BCUT2D eigenvalue weighted by Crippen LogP contribution is -2.49. The van der Waals surface area contributed by atoms with Crippen LogP contribution in [0.1, 0.15) is 15.9 Å². The minimum Gasteiger partial charge on any atom is -0.494 e. The van der Waals surface area contributed by atoms with Gasteiger partial charge in [-0.2, -0.15) is 0 Å². The highest BCUT2D eigenvalue weighted by atomic mass is 19.1. The number of fused-ring (bicyclic) bond motifs is 1. The summed E-state index contributed by atoms with van der Waals surface area (Å²) in [5.74, 6) is 0.0872. The number of nitrogens with zero attached hydrogens (tertiary/aromatic N) is 4. The van der Waals surface area contributed by atoms with Gasteiger partial charge in [0, 0.05) is 55.4 Å². The Labute approximate surface area is 218 Å². The van der Waals surface area contributed by atoms with E-state index in [2.05, 4.69) is 25.9 Å². The van der Waals surface area contributed by atoms with Crippen LogP contribution in [0.15, 0.2) is 55.0 Å². The lowest BCUT2D eigenvalue weighted by atomic mass is 10.1. The molecule has 0 saturated carbocycles. The Kier molecular flexibility index (Phi) is 7.18. The number of ether oxygens (including phenoxy) is 1. The number of piperazine rings is 1. The monoisotopic (exact) mass is 517 g/mol. The van der Waals surface area contributed by atoms with Crippen LogP contribution in [-0.4, -0.2) is 70.9 Å². The predicted octanol–water partition coefficient (Wildman–Crippen LogP) is 2.76. The first-order chi connectivity index (χ1) is 18.4. The van der Waals surface area contributed by atoms with Crippen LogP contribution in [0, 0.1) is 12.7 Å². The number of benzene rings is 2. The first kappa shape index (κ1) is 25.2. The number of rotatable bonds is 8. The molecular formula is C27H28FN7O3. The SMILES string of the molecule is COc1ccc(-c2cnc3c(Nc4ccc(C(=O)NCCN5CCNC(=O)C5)c(C)c4)nccn23)cc1F. The Morgan fingerprint density at radius 2 is 2.08 bits per heavy atom. The van der Waals surface area contributed by atoms with E-state index < -0.39 is 5.82 Å². The van der Waals surface area contributed by atoms with E-state index in [0.29, 0.717) is 54.5 Å². The maximum absolute atomic E-state index is 14.3. The van der Waals surface area contributed by atoms with Gasteiger partial charge in [0.1, 0.15) is 0 Å². The molecule has 2 aromatic heterocycles. The van der Waals surface area contributed by atoms with Crippen molar-refractivity contribution < 1.29 is 18.7 Å². The quantitative estimate of drug-likeness (QED) is 0.329. The summed E-state index contributed by atoms with van der Waals surface area (Å²) in [6, 6.07) is 10.2. The third-order valence-electron chi connectivity index (χ3n) is 6.44. The Bertz CT molecular complexity index is 1500. The normalized spacial score (nSPS) is 13.8. The third kappa shape index (κ3) is 5.28. The molecule has 1 aliphatic heterocycles. The Morgan fingerprint density at radius 3 is 2.84 bits per heavy atom. The topological polar surface area (TPSA) is 113 Å². The van der Waals surface area contributed by atoms with Crippen LogP contribution in [0.25, 0.3) is 16.9 Å². The summed E-state index contributed by atoms with van der Waals surface area (Å²) in [7, 11) is 1.43. The van der Waals surface area contributed by atoms with E-state index in [0.717, 1.165) is 17.8 Å². The fraction of sp³-hybridized carbons (Fsp3) is 0.259. The predicted molar refractivity (Wildman–Crippen MR) is 141 cm³/mol. The molecule has 3 N–H and O–H groups in total. The number of halogens is 1. The van der Waals surface area contributed by atoms with Gasteiger partial charge in [-0.3, -0.25) is 18.9 Å². The van der Waals surface area contributed by atoms with E-state index in [9.17, 15) is 14.0 Å². The molecule has 0 atom stereocenters.